The van der Waals surface area contributed by atoms with E-state index in [1.54, 1.807) is 12.1 Å². The van der Waals surface area contributed by atoms with E-state index in [2.05, 4.69) is 15.9 Å². The lowest BCUT2D eigenvalue weighted by Gasteiger charge is -2.13. The molecule has 1 fully saturated rings. The second kappa shape index (κ2) is 4.10. The van der Waals surface area contributed by atoms with Gasteiger partial charge in [-0.15, -0.1) is 0 Å². The number of hydrogen-bond acceptors (Lipinski definition) is 2. The van der Waals surface area contributed by atoms with Crippen molar-refractivity contribution in [3.63, 3.8) is 0 Å². The fourth-order valence-corrected chi connectivity index (χ4v) is 2.01. The van der Waals surface area contributed by atoms with Crippen LogP contribution in [0.3, 0.4) is 0 Å². The monoisotopic (exact) mass is 273 g/mol. The maximum absolute atomic E-state index is 13.4. The summed E-state index contributed by atoms with van der Waals surface area (Å²) in [6.45, 7) is 0. The van der Waals surface area contributed by atoms with E-state index in [1.165, 1.54) is 12.8 Å². The molecule has 0 saturated heterocycles. The summed E-state index contributed by atoms with van der Waals surface area (Å²) in [4.78, 5) is 0. The van der Waals surface area contributed by atoms with Crippen molar-refractivity contribution in [1.29, 1.82) is 0 Å². The van der Waals surface area contributed by atoms with Gasteiger partial charge >= 0.3 is 0 Å². The molecule has 1 aliphatic carbocycles. The average molecular weight is 274 g/mol. The molecule has 1 aromatic rings. The van der Waals surface area contributed by atoms with Crippen LogP contribution in [0, 0.1) is 11.7 Å². The first-order valence-electron chi connectivity index (χ1n) is 5.02. The molecule has 0 amide bonds. The third kappa shape index (κ3) is 2.32. The van der Waals surface area contributed by atoms with Crippen LogP contribution in [0.1, 0.15) is 30.9 Å². The summed E-state index contributed by atoms with van der Waals surface area (Å²) in [7, 11) is 0. The molecule has 0 aromatic heterocycles. The Morgan fingerprint density at radius 3 is 2.80 bits per heavy atom. The molecule has 0 heterocycles. The first kappa shape index (κ1) is 10.9. The van der Waals surface area contributed by atoms with Gasteiger partial charge in [0.25, 0.3) is 0 Å². The van der Waals surface area contributed by atoms with Gasteiger partial charge in [0.1, 0.15) is 0 Å². The molecule has 2 rings (SSSR count). The largest absolute Gasteiger partial charge is 0.505 e. The van der Waals surface area contributed by atoms with E-state index >= 15 is 0 Å². The van der Waals surface area contributed by atoms with Gasteiger partial charge in [-0.1, -0.05) is 18.9 Å². The Morgan fingerprint density at radius 2 is 2.20 bits per heavy atom. The Kier molecular flexibility index (Phi) is 2.98. The van der Waals surface area contributed by atoms with Crippen LogP contribution in [0.25, 0.3) is 0 Å². The van der Waals surface area contributed by atoms with Gasteiger partial charge in [0.15, 0.2) is 11.6 Å². The highest BCUT2D eigenvalue weighted by molar-refractivity contribution is 9.10. The summed E-state index contributed by atoms with van der Waals surface area (Å²) in [5, 5.41) is 9.60. The van der Waals surface area contributed by atoms with Gasteiger partial charge in [-0.25, -0.2) is 4.39 Å². The Hall–Kier alpha value is -0.610. The fraction of sp³-hybridized carbons (Fsp3) is 0.455. The number of rotatable bonds is 3. The summed E-state index contributed by atoms with van der Waals surface area (Å²) in [6.07, 6.45) is 3.23. The number of benzene rings is 1. The quantitative estimate of drug-likeness (QED) is 0.889. The molecule has 1 aromatic carbocycles. The third-order valence-corrected chi connectivity index (χ3v) is 3.40. The zero-order valence-corrected chi connectivity index (χ0v) is 9.80. The van der Waals surface area contributed by atoms with Crippen LogP contribution in [-0.2, 0) is 0 Å². The molecule has 3 N–H and O–H groups in total. The van der Waals surface area contributed by atoms with Gasteiger partial charge in [-0.3, -0.25) is 0 Å². The number of nitrogens with two attached hydrogens (primary N) is 1. The van der Waals surface area contributed by atoms with Crippen LogP contribution in [0.2, 0.25) is 0 Å². The van der Waals surface area contributed by atoms with Crippen molar-refractivity contribution < 1.29 is 9.50 Å². The second-order valence-corrected chi connectivity index (χ2v) is 4.94. The van der Waals surface area contributed by atoms with E-state index in [1.807, 2.05) is 0 Å². The minimum Gasteiger partial charge on any atom is -0.505 e. The van der Waals surface area contributed by atoms with Gasteiger partial charge < -0.3 is 10.8 Å². The molecular formula is C11H13BrFNO. The molecule has 1 saturated carbocycles. The molecule has 1 aliphatic rings. The van der Waals surface area contributed by atoms with Crippen molar-refractivity contribution in [3.8, 4) is 5.75 Å². The highest BCUT2D eigenvalue weighted by Crippen LogP contribution is 2.39. The van der Waals surface area contributed by atoms with E-state index in [0.717, 1.165) is 6.42 Å². The summed E-state index contributed by atoms with van der Waals surface area (Å²) >= 11 is 3.02. The first-order chi connectivity index (χ1) is 7.09. The molecular weight excluding hydrogens is 261 g/mol. The zero-order chi connectivity index (χ0) is 11.0. The molecule has 1 atom stereocenters. The van der Waals surface area contributed by atoms with Crippen LogP contribution >= 0.6 is 15.9 Å². The van der Waals surface area contributed by atoms with E-state index in [-0.39, 0.29) is 16.3 Å². The molecule has 82 valence electrons. The van der Waals surface area contributed by atoms with Crippen molar-refractivity contribution in [2.75, 3.05) is 0 Å². The smallest absolute Gasteiger partial charge is 0.179 e. The minimum absolute atomic E-state index is 0.264. The highest BCUT2D eigenvalue weighted by Gasteiger charge is 2.26. The van der Waals surface area contributed by atoms with E-state index in [0.29, 0.717) is 11.5 Å². The van der Waals surface area contributed by atoms with Crippen molar-refractivity contribution >= 4 is 15.9 Å². The predicted molar refractivity (Wildman–Crippen MR) is 60.0 cm³/mol. The SMILES string of the molecule is N[C@H](CC1CC1)c1ccc(Br)c(F)c1O. The van der Waals surface area contributed by atoms with Crippen molar-refractivity contribution in [3.05, 3.63) is 28.0 Å². The maximum atomic E-state index is 13.4. The van der Waals surface area contributed by atoms with Crippen LogP contribution in [0.5, 0.6) is 5.75 Å². The Labute approximate surface area is 96.4 Å². The number of hydrogen-bond donors (Lipinski definition) is 2. The number of halogens is 2. The van der Waals surface area contributed by atoms with E-state index in [4.69, 9.17) is 5.73 Å². The fourth-order valence-electron chi connectivity index (χ4n) is 1.69. The van der Waals surface area contributed by atoms with E-state index in [9.17, 15) is 9.50 Å². The molecule has 2 nitrogen and oxygen atoms in total. The van der Waals surface area contributed by atoms with Crippen LogP contribution in [0.15, 0.2) is 16.6 Å². The van der Waals surface area contributed by atoms with Gasteiger partial charge in [0, 0.05) is 11.6 Å². The lowest BCUT2D eigenvalue weighted by Crippen LogP contribution is -2.11. The lowest BCUT2D eigenvalue weighted by atomic mass is 10.0. The topological polar surface area (TPSA) is 46.2 Å². The molecule has 4 heteroatoms. The predicted octanol–water partition coefficient (Wildman–Crippen LogP) is 3.09. The normalized spacial score (nSPS) is 17.8. The number of phenolic OH excluding ortho intramolecular Hbond substituents is 1. The van der Waals surface area contributed by atoms with Gasteiger partial charge in [0.05, 0.1) is 4.47 Å². The van der Waals surface area contributed by atoms with Crippen LogP contribution in [0.4, 0.5) is 4.39 Å². The van der Waals surface area contributed by atoms with Gasteiger partial charge in [-0.2, -0.15) is 0 Å². The Balaban J connectivity index is 2.22. The van der Waals surface area contributed by atoms with Gasteiger partial charge in [-0.05, 0) is 34.3 Å². The summed E-state index contributed by atoms with van der Waals surface area (Å²) in [6, 6.07) is 2.99. The number of aromatic hydroxyl groups is 1. The molecule has 0 aliphatic heterocycles. The Bertz CT molecular complexity index is 379. The van der Waals surface area contributed by atoms with Crippen molar-refractivity contribution in [2.45, 2.75) is 25.3 Å². The summed E-state index contributed by atoms with van der Waals surface area (Å²) in [5.74, 6) is -0.289. The van der Waals surface area contributed by atoms with Crippen molar-refractivity contribution in [2.24, 2.45) is 11.7 Å². The second-order valence-electron chi connectivity index (χ2n) is 4.08. The Morgan fingerprint density at radius 1 is 1.53 bits per heavy atom. The molecule has 0 spiro atoms. The third-order valence-electron chi connectivity index (χ3n) is 2.78. The summed E-state index contributed by atoms with van der Waals surface area (Å²) in [5.41, 5.74) is 6.42. The van der Waals surface area contributed by atoms with Crippen LogP contribution in [-0.4, -0.2) is 5.11 Å². The average Bonchev–Trinajstić information content (AvgIpc) is 2.98. The lowest BCUT2D eigenvalue weighted by molar-refractivity contribution is 0.415. The first-order valence-corrected chi connectivity index (χ1v) is 5.81. The van der Waals surface area contributed by atoms with Gasteiger partial charge in [0.2, 0.25) is 0 Å². The minimum atomic E-state index is -0.626. The molecule has 0 radical (unpaired) electrons. The van der Waals surface area contributed by atoms with Crippen molar-refractivity contribution in [1.82, 2.24) is 0 Å². The standard InChI is InChI=1S/C11H13BrFNO/c12-8-4-3-7(11(15)10(8)13)9(14)5-6-1-2-6/h3-4,6,9,15H,1-2,5,14H2/t9-/m1/s1. The summed E-state index contributed by atoms with van der Waals surface area (Å²) < 4.78 is 13.6. The maximum Gasteiger partial charge on any atom is 0.179 e. The molecule has 0 bridgehead atoms. The highest BCUT2D eigenvalue weighted by atomic mass is 79.9. The van der Waals surface area contributed by atoms with E-state index < -0.39 is 5.82 Å². The molecule has 15 heavy (non-hydrogen) atoms. The molecule has 0 unspecified atom stereocenters. The number of phenols is 1. The zero-order valence-electron chi connectivity index (χ0n) is 8.21. The van der Waals surface area contributed by atoms with Crippen LogP contribution < -0.4 is 5.73 Å².